The standard InChI is InChI=1S/C19H20ClN3O3/c1-21-4-5-23-17-10-18(20)22-11-13(17)8-16(19(23)24)12-6-14(25-2)9-15(7-12)26-3/h6-11,21H,4-5H2,1-3H3. The number of fused-ring (bicyclic) bond motifs is 1. The highest BCUT2D eigenvalue weighted by Crippen LogP contribution is 2.29. The Morgan fingerprint density at radius 2 is 1.81 bits per heavy atom. The molecule has 0 bridgehead atoms. The summed E-state index contributed by atoms with van der Waals surface area (Å²) in [5.41, 5.74) is 1.92. The molecular weight excluding hydrogens is 354 g/mol. The van der Waals surface area contributed by atoms with Crippen LogP contribution in [0, 0.1) is 0 Å². The van der Waals surface area contributed by atoms with Crippen molar-refractivity contribution in [1.82, 2.24) is 14.9 Å². The molecule has 3 aromatic rings. The van der Waals surface area contributed by atoms with Crippen LogP contribution in [0.4, 0.5) is 0 Å². The van der Waals surface area contributed by atoms with Crippen LogP contribution in [0.1, 0.15) is 0 Å². The second-order valence-electron chi connectivity index (χ2n) is 5.79. The van der Waals surface area contributed by atoms with Gasteiger partial charge >= 0.3 is 0 Å². The first kappa shape index (κ1) is 18.2. The number of likely N-dealkylation sites (N-methyl/N-ethyl adjacent to an activating group) is 1. The number of nitrogens with one attached hydrogen (secondary N) is 1. The molecule has 136 valence electrons. The van der Waals surface area contributed by atoms with Crippen LogP contribution in [0.15, 0.2) is 41.3 Å². The quantitative estimate of drug-likeness (QED) is 0.673. The van der Waals surface area contributed by atoms with Gasteiger partial charge in [-0.25, -0.2) is 4.98 Å². The molecule has 0 aliphatic carbocycles. The number of hydrogen-bond donors (Lipinski definition) is 1. The minimum absolute atomic E-state index is 0.106. The summed E-state index contributed by atoms with van der Waals surface area (Å²) in [6, 6.07) is 8.94. The molecule has 0 saturated heterocycles. The predicted molar refractivity (Wildman–Crippen MR) is 103 cm³/mol. The maximum atomic E-state index is 13.2. The van der Waals surface area contributed by atoms with Crippen LogP contribution in [0.2, 0.25) is 5.15 Å². The maximum absolute atomic E-state index is 13.2. The van der Waals surface area contributed by atoms with Gasteiger partial charge in [-0.1, -0.05) is 11.6 Å². The Morgan fingerprint density at radius 3 is 2.42 bits per heavy atom. The first-order valence-corrected chi connectivity index (χ1v) is 8.52. The van der Waals surface area contributed by atoms with E-state index < -0.39 is 0 Å². The predicted octanol–water partition coefficient (Wildman–Crippen LogP) is 2.95. The van der Waals surface area contributed by atoms with Crippen LogP contribution in [0.5, 0.6) is 11.5 Å². The number of pyridine rings is 2. The number of nitrogens with zero attached hydrogens (tertiary/aromatic N) is 2. The minimum atomic E-state index is -0.106. The van der Waals surface area contributed by atoms with Crippen LogP contribution in [0.25, 0.3) is 22.0 Å². The molecule has 0 saturated carbocycles. The number of methoxy groups -OCH3 is 2. The lowest BCUT2D eigenvalue weighted by Gasteiger charge is -2.14. The normalized spacial score (nSPS) is 10.9. The number of benzene rings is 1. The van der Waals surface area contributed by atoms with Gasteiger partial charge in [0.15, 0.2) is 0 Å². The Labute approximate surface area is 156 Å². The molecule has 6 nitrogen and oxygen atoms in total. The van der Waals surface area contributed by atoms with Gasteiger partial charge in [0, 0.05) is 36.3 Å². The van der Waals surface area contributed by atoms with Crippen molar-refractivity contribution < 1.29 is 9.47 Å². The Kier molecular flexibility index (Phi) is 5.44. The van der Waals surface area contributed by atoms with Crippen molar-refractivity contribution in [2.24, 2.45) is 0 Å². The molecule has 2 heterocycles. The zero-order valence-corrected chi connectivity index (χ0v) is 15.6. The Bertz CT molecular complexity index is 979. The molecule has 0 atom stereocenters. The van der Waals surface area contributed by atoms with E-state index in [1.807, 2.05) is 25.2 Å². The Morgan fingerprint density at radius 1 is 1.12 bits per heavy atom. The van der Waals surface area contributed by atoms with E-state index in [4.69, 9.17) is 21.1 Å². The van der Waals surface area contributed by atoms with Gasteiger partial charge < -0.3 is 19.4 Å². The van der Waals surface area contributed by atoms with Crippen molar-refractivity contribution >= 4 is 22.5 Å². The summed E-state index contributed by atoms with van der Waals surface area (Å²) in [4.78, 5) is 17.3. The first-order valence-electron chi connectivity index (χ1n) is 8.14. The van der Waals surface area contributed by atoms with Crippen molar-refractivity contribution in [1.29, 1.82) is 0 Å². The Hall–Kier alpha value is -2.57. The molecule has 26 heavy (non-hydrogen) atoms. The largest absolute Gasteiger partial charge is 0.497 e. The van der Waals surface area contributed by atoms with E-state index in [1.54, 1.807) is 37.1 Å². The second kappa shape index (κ2) is 7.76. The smallest absolute Gasteiger partial charge is 0.258 e. The molecule has 2 aromatic heterocycles. The molecule has 0 aliphatic heterocycles. The number of halogens is 1. The summed E-state index contributed by atoms with van der Waals surface area (Å²) in [5.74, 6) is 1.24. The van der Waals surface area contributed by atoms with Gasteiger partial charge in [-0.15, -0.1) is 0 Å². The lowest BCUT2D eigenvalue weighted by molar-refractivity contribution is 0.394. The van der Waals surface area contributed by atoms with Gasteiger partial charge in [0.05, 0.1) is 19.7 Å². The van der Waals surface area contributed by atoms with Crippen molar-refractivity contribution in [3.8, 4) is 22.6 Å². The first-order chi connectivity index (χ1) is 12.6. The molecule has 0 fully saturated rings. The number of aromatic nitrogens is 2. The Balaban J connectivity index is 2.28. The van der Waals surface area contributed by atoms with E-state index in [0.717, 1.165) is 16.5 Å². The second-order valence-corrected chi connectivity index (χ2v) is 6.17. The van der Waals surface area contributed by atoms with Gasteiger partial charge in [0.2, 0.25) is 0 Å². The molecule has 0 unspecified atom stereocenters. The summed E-state index contributed by atoms with van der Waals surface area (Å²) in [6.07, 6.45) is 1.67. The molecule has 0 amide bonds. The summed E-state index contributed by atoms with van der Waals surface area (Å²) in [7, 11) is 5.00. The number of hydrogen-bond acceptors (Lipinski definition) is 5. The third-order valence-corrected chi connectivity index (χ3v) is 4.40. The van der Waals surface area contributed by atoms with Gasteiger partial charge in [-0.05, 0) is 36.9 Å². The SMILES string of the molecule is CNCCn1c(=O)c(-c2cc(OC)cc(OC)c2)cc2cnc(Cl)cc21. The van der Waals surface area contributed by atoms with E-state index in [2.05, 4.69) is 10.3 Å². The molecule has 3 rings (SSSR count). The zero-order valence-electron chi connectivity index (χ0n) is 14.9. The van der Waals surface area contributed by atoms with E-state index in [-0.39, 0.29) is 5.56 Å². The number of ether oxygens (including phenoxy) is 2. The molecular formula is C19H20ClN3O3. The van der Waals surface area contributed by atoms with Crippen molar-refractivity contribution in [3.05, 3.63) is 52.0 Å². The fourth-order valence-corrected chi connectivity index (χ4v) is 3.02. The summed E-state index contributed by atoms with van der Waals surface area (Å²) >= 11 is 6.04. The highest BCUT2D eigenvalue weighted by atomic mass is 35.5. The van der Waals surface area contributed by atoms with E-state index in [9.17, 15) is 4.79 Å². The molecule has 0 spiro atoms. The molecule has 0 aliphatic rings. The van der Waals surface area contributed by atoms with E-state index >= 15 is 0 Å². The summed E-state index contributed by atoms with van der Waals surface area (Å²) < 4.78 is 12.4. The van der Waals surface area contributed by atoms with Gasteiger partial charge in [-0.3, -0.25) is 4.79 Å². The maximum Gasteiger partial charge on any atom is 0.258 e. The fourth-order valence-electron chi connectivity index (χ4n) is 2.86. The fraction of sp³-hybridized carbons (Fsp3) is 0.263. The van der Waals surface area contributed by atoms with E-state index in [0.29, 0.717) is 35.3 Å². The lowest BCUT2D eigenvalue weighted by Crippen LogP contribution is -2.27. The summed E-state index contributed by atoms with van der Waals surface area (Å²) in [5, 5.41) is 4.26. The van der Waals surface area contributed by atoms with Crippen LogP contribution in [0.3, 0.4) is 0 Å². The third kappa shape index (κ3) is 3.52. The lowest BCUT2D eigenvalue weighted by atomic mass is 10.0. The highest BCUT2D eigenvalue weighted by molar-refractivity contribution is 6.30. The van der Waals surface area contributed by atoms with Gasteiger partial charge in [-0.2, -0.15) is 0 Å². The molecule has 7 heteroatoms. The molecule has 1 N–H and O–H groups in total. The van der Waals surface area contributed by atoms with Gasteiger partial charge in [0.25, 0.3) is 5.56 Å². The highest BCUT2D eigenvalue weighted by Gasteiger charge is 2.14. The van der Waals surface area contributed by atoms with Crippen molar-refractivity contribution in [3.63, 3.8) is 0 Å². The van der Waals surface area contributed by atoms with E-state index in [1.165, 1.54) is 0 Å². The molecule has 1 aromatic carbocycles. The van der Waals surface area contributed by atoms with Crippen LogP contribution in [-0.4, -0.2) is 37.4 Å². The topological polar surface area (TPSA) is 65.4 Å². The average Bonchev–Trinajstić information content (AvgIpc) is 2.66. The summed E-state index contributed by atoms with van der Waals surface area (Å²) in [6.45, 7) is 1.17. The van der Waals surface area contributed by atoms with Crippen LogP contribution in [-0.2, 0) is 6.54 Å². The monoisotopic (exact) mass is 373 g/mol. The van der Waals surface area contributed by atoms with Crippen molar-refractivity contribution in [2.75, 3.05) is 27.8 Å². The molecule has 0 radical (unpaired) electrons. The minimum Gasteiger partial charge on any atom is -0.497 e. The third-order valence-electron chi connectivity index (χ3n) is 4.19. The van der Waals surface area contributed by atoms with Crippen LogP contribution >= 0.6 is 11.6 Å². The van der Waals surface area contributed by atoms with Crippen LogP contribution < -0.4 is 20.3 Å². The van der Waals surface area contributed by atoms with Crippen molar-refractivity contribution in [2.45, 2.75) is 6.54 Å². The zero-order chi connectivity index (χ0) is 18.7. The van der Waals surface area contributed by atoms with Gasteiger partial charge in [0.1, 0.15) is 16.7 Å². The average molecular weight is 374 g/mol. The number of rotatable bonds is 6.